The number of halogens is 1. The number of hydrogen-bond acceptors (Lipinski definition) is 3. The molecule has 0 amide bonds. The third-order valence-corrected chi connectivity index (χ3v) is 4.51. The monoisotopic (exact) mass is 294 g/mol. The Morgan fingerprint density at radius 2 is 2.05 bits per heavy atom. The highest BCUT2D eigenvalue weighted by molar-refractivity contribution is 6.30. The quantitative estimate of drug-likeness (QED) is 0.904. The van der Waals surface area contributed by atoms with E-state index >= 15 is 0 Å². The molecule has 0 atom stereocenters. The molecular weight excluding hydrogens is 272 g/mol. The molecule has 1 N–H and O–H groups in total. The molecule has 1 aliphatic heterocycles. The molecule has 3 nitrogen and oxygen atoms in total. The SMILES string of the molecule is Clc1ccc(OC2CCC2)c(CCN2CCNCC2)c1. The maximum atomic E-state index is 6.14. The Labute approximate surface area is 126 Å². The maximum Gasteiger partial charge on any atom is 0.123 e. The van der Waals surface area contributed by atoms with Crippen LogP contribution in [0.4, 0.5) is 0 Å². The number of nitrogens with one attached hydrogen (secondary N) is 1. The van der Waals surface area contributed by atoms with Crippen LogP contribution in [0.25, 0.3) is 0 Å². The zero-order valence-electron chi connectivity index (χ0n) is 11.9. The number of piperazine rings is 1. The zero-order chi connectivity index (χ0) is 13.8. The van der Waals surface area contributed by atoms with E-state index in [0.717, 1.165) is 49.9 Å². The molecule has 2 fully saturated rings. The lowest BCUT2D eigenvalue weighted by atomic mass is 9.96. The summed E-state index contributed by atoms with van der Waals surface area (Å²) < 4.78 is 6.09. The molecule has 1 saturated carbocycles. The Balaban J connectivity index is 1.61. The van der Waals surface area contributed by atoms with Crippen molar-refractivity contribution in [2.45, 2.75) is 31.8 Å². The van der Waals surface area contributed by atoms with Crippen LogP contribution in [0.5, 0.6) is 5.75 Å². The van der Waals surface area contributed by atoms with Gasteiger partial charge >= 0.3 is 0 Å². The molecule has 3 rings (SSSR count). The predicted molar refractivity (Wildman–Crippen MR) is 82.7 cm³/mol. The molecule has 0 bridgehead atoms. The molecule has 1 aliphatic carbocycles. The van der Waals surface area contributed by atoms with Gasteiger partial charge in [-0.15, -0.1) is 0 Å². The van der Waals surface area contributed by atoms with Crippen molar-refractivity contribution < 1.29 is 4.74 Å². The van der Waals surface area contributed by atoms with Crippen LogP contribution >= 0.6 is 11.6 Å². The number of ether oxygens (including phenoxy) is 1. The molecule has 0 radical (unpaired) electrons. The number of rotatable bonds is 5. The Bertz CT molecular complexity index is 442. The molecule has 4 heteroatoms. The average Bonchev–Trinajstić information content (AvgIpc) is 2.43. The van der Waals surface area contributed by atoms with Gasteiger partial charge in [0.15, 0.2) is 0 Å². The van der Waals surface area contributed by atoms with Crippen molar-refractivity contribution in [2.24, 2.45) is 0 Å². The van der Waals surface area contributed by atoms with E-state index in [0.29, 0.717) is 6.10 Å². The third kappa shape index (κ3) is 3.66. The van der Waals surface area contributed by atoms with Crippen LogP contribution < -0.4 is 10.1 Å². The summed E-state index contributed by atoms with van der Waals surface area (Å²) in [6, 6.07) is 6.04. The molecule has 1 aromatic rings. The van der Waals surface area contributed by atoms with Crippen molar-refractivity contribution in [1.82, 2.24) is 10.2 Å². The van der Waals surface area contributed by atoms with Crippen LogP contribution in [0.1, 0.15) is 24.8 Å². The van der Waals surface area contributed by atoms with Gasteiger partial charge in [-0.2, -0.15) is 0 Å². The first-order valence-electron chi connectivity index (χ1n) is 7.69. The summed E-state index contributed by atoms with van der Waals surface area (Å²) >= 11 is 6.14. The van der Waals surface area contributed by atoms with E-state index in [9.17, 15) is 0 Å². The molecule has 0 unspecified atom stereocenters. The molecule has 1 saturated heterocycles. The van der Waals surface area contributed by atoms with Gasteiger partial charge in [-0.05, 0) is 49.4 Å². The standard InChI is InChI=1S/C16H23ClN2O/c17-14-4-5-16(20-15-2-1-3-15)13(12-14)6-9-19-10-7-18-8-11-19/h4-5,12,15,18H,1-3,6-11H2. The third-order valence-electron chi connectivity index (χ3n) is 4.28. The van der Waals surface area contributed by atoms with Crippen molar-refractivity contribution in [3.05, 3.63) is 28.8 Å². The summed E-state index contributed by atoms with van der Waals surface area (Å²) in [5.74, 6) is 1.04. The molecule has 1 heterocycles. The van der Waals surface area contributed by atoms with Gasteiger partial charge < -0.3 is 15.0 Å². The summed E-state index contributed by atoms with van der Waals surface area (Å²) in [6.07, 6.45) is 5.13. The molecular formula is C16H23ClN2O. The van der Waals surface area contributed by atoms with Crippen LogP contribution in [0.15, 0.2) is 18.2 Å². The van der Waals surface area contributed by atoms with Gasteiger partial charge in [-0.1, -0.05) is 11.6 Å². The molecule has 1 aromatic carbocycles. The van der Waals surface area contributed by atoms with Gasteiger partial charge in [0.1, 0.15) is 5.75 Å². The summed E-state index contributed by atoms with van der Waals surface area (Å²) in [6.45, 7) is 5.56. The predicted octanol–water partition coefficient (Wildman–Crippen LogP) is 2.72. The van der Waals surface area contributed by atoms with Crippen molar-refractivity contribution in [3.8, 4) is 5.75 Å². The van der Waals surface area contributed by atoms with Crippen LogP contribution in [-0.2, 0) is 6.42 Å². The van der Waals surface area contributed by atoms with Gasteiger partial charge in [0.2, 0.25) is 0 Å². The maximum absolute atomic E-state index is 6.14. The lowest BCUT2D eigenvalue weighted by Gasteiger charge is -2.29. The highest BCUT2D eigenvalue weighted by atomic mass is 35.5. The minimum Gasteiger partial charge on any atom is -0.490 e. The Morgan fingerprint density at radius 1 is 1.25 bits per heavy atom. The van der Waals surface area contributed by atoms with Gasteiger partial charge in [0, 0.05) is 37.7 Å². The highest BCUT2D eigenvalue weighted by Crippen LogP contribution is 2.29. The molecule has 0 spiro atoms. The molecule has 110 valence electrons. The minimum absolute atomic E-state index is 0.425. The van der Waals surface area contributed by atoms with E-state index in [1.807, 2.05) is 12.1 Å². The van der Waals surface area contributed by atoms with E-state index in [1.54, 1.807) is 0 Å². The Morgan fingerprint density at radius 3 is 2.75 bits per heavy atom. The number of hydrogen-bond donors (Lipinski definition) is 1. The fourth-order valence-corrected chi connectivity index (χ4v) is 2.93. The molecule has 2 aliphatic rings. The second kappa shape index (κ2) is 6.79. The van der Waals surface area contributed by atoms with Gasteiger partial charge in [0.05, 0.1) is 6.10 Å². The fraction of sp³-hybridized carbons (Fsp3) is 0.625. The van der Waals surface area contributed by atoms with Gasteiger partial charge in [-0.3, -0.25) is 0 Å². The van der Waals surface area contributed by atoms with Crippen molar-refractivity contribution in [2.75, 3.05) is 32.7 Å². The summed E-state index contributed by atoms with van der Waals surface area (Å²) in [5, 5.41) is 4.19. The summed E-state index contributed by atoms with van der Waals surface area (Å²) in [7, 11) is 0. The second-order valence-corrected chi connectivity index (χ2v) is 6.20. The molecule has 0 aromatic heterocycles. The fourth-order valence-electron chi connectivity index (χ4n) is 2.74. The van der Waals surface area contributed by atoms with Gasteiger partial charge in [-0.25, -0.2) is 0 Å². The van der Waals surface area contributed by atoms with Crippen molar-refractivity contribution in [3.63, 3.8) is 0 Å². The number of nitrogens with zero attached hydrogens (tertiary/aromatic N) is 1. The van der Waals surface area contributed by atoms with Crippen LogP contribution in [0.3, 0.4) is 0 Å². The van der Waals surface area contributed by atoms with E-state index in [1.165, 1.54) is 24.8 Å². The topological polar surface area (TPSA) is 24.5 Å². The van der Waals surface area contributed by atoms with Crippen LogP contribution in [0, 0.1) is 0 Å². The Hall–Kier alpha value is -0.770. The lowest BCUT2D eigenvalue weighted by molar-refractivity contribution is 0.118. The van der Waals surface area contributed by atoms with Crippen LogP contribution in [0.2, 0.25) is 5.02 Å². The average molecular weight is 295 g/mol. The van der Waals surface area contributed by atoms with E-state index in [2.05, 4.69) is 16.3 Å². The highest BCUT2D eigenvalue weighted by Gasteiger charge is 2.20. The molecule has 20 heavy (non-hydrogen) atoms. The summed E-state index contributed by atoms with van der Waals surface area (Å²) in [4.78, 5) is 2.50. The normalized spacial score (nSPS) is 20.6. The first-order chi connectivity index (χ1) is 9.81. The smallest absolute Gasteiger partial charge is 0.123 e. The van der Waals surface area contributed by atoms with Crippen molar-refractivity contribution >= 4 is 11.6 Å². The minimum atomic E-state index is 0.425. The number of benzene rings is 1. The second-order valence-electron chi connectivity index (χ2n) is 5.76. The van der Waals surface area contributed by atoms with E-state index in [-0.39, 0.29) is 0 Å². The van der Waals surface area contributed by atoms with E-state index < -0.39 is 0 Å². The zero-order valence-corrected chi connectivity index (χ0v) is 12.7. The Kier molecular flexibility index (Phi) is 4.81. The summed E-state index contributed by atoms with van der Waals surface area (Å²) in [5.41, 5.74) is 1.25. The first-order valence-corrected chi connectivity index (χ1v) is 8.07. The van der Waals surface area contributed by atoms with E-state index in [4.69, 9.17) is 16.3 Å². The lowest BCUT2D eigenvalue weighted by Crippen LogP contribution is -2.44. The largest absolute Gasteiger partial charge is 0.490 e. The van der Waals surface area contributed by atoms with Gasteiger partial charge in [0.25, 0.3) is 0 Å². The first kappa shape index (κ1) is 14.2. The van der Waals surface area contributed by atoms with Crippen molar-refractivity contribution in [1.29, 1.82) is 0 Å². The van der Waals surface area contributed by atoms with Crippen LogP contribution in [-0.4, -0.2) is 43.7 Å².